The Labute approximate surface area is 197 Å². The lowest BCUT2D eigenvalue weighted by atomic mass is 9.51. The summed E-state index contributed by atoms with van der Waals surface area (Å²) >= 11 is 0. The van der Waals surface area contributed by atoms with E-state index in [2.05, 4.69) is 4.74 Å². The third-order valence-corrected chi connectivity index (χ3v) is 7.30. The van der Waals surface area contributed by atoms with E-state index in [0.717, 1.165) is 0 Å². The largest absolute Gasteiger partial charge is 0.464 e. The lowest BCUT2D eigenvalue weighted by molar-refractivity contribution is -0.393. The molecule has 1 spiro atoms. The van der Waals surface area contributed by atoms with Crippen LogP contribution in [-0.4, -0.2) is 67.3 Å². The smallest absolute Gasteiger partial charge is 0.422 e. The second kappa shape index (κ2) is 8.82. The van der Waals surface area contributed by atoms with Crippen LogP contribution in [0.2, 0.25) is 0 Å². The van der Waals surface area contributed by atoms with Gasteiger partial charge in [0.05, 0.1) is 13.2 Å². The predicted octanol–water partition coefficient (Wildman–Crippen LogP) is 3.16. The standard InChI is InChI=1S/C22H27F5O8/c1-3-31-17(29)15-14(16(28)32-10-21(25,26)27)9-33-22(34-15)12-4-11-5-13(22)8-20(6-11,7-12)35-18(30)19(2,23)24/h11-15H,3-10H2,1-2H3. The predicted molar refractivity (Wildman–Crippen MR) is 104 cm³/mol. The van der Waals surface area contributed by atoms with Gasteiger partial charge in [-0.2, -0.15) is 22.0 Å². The number of alkyl halides is 5. The van der Waals surface area contributed by atoms with E-state index in [0.29, 0.717) is 26.2 Å². The molecule has 0 radical (unpaired) electrons. The van der Waals surface area contributed by atoms with Crippen molar-refractivity contribution in [3.05, 3.63) is 0 Å². The Hall–Kier alpha value is -2.02. The second-order valence-electron chi connectivity index (χ2n) is 9.96. The zero-order valence-electron chi connectivity index (χ0n) is 19.2. The van der Waals surface area contributed by atoms with Gasteiger partial charge in [0.2, 0.25) is 0 Å². The van der Waals surface area contributed by atoms with Crippen molar-refractivity contribution in [2.24, 2.45) is 23.7 Å². The van der Waals surface area contributed by atoms with Gasteiger partial charge in [-0.25, -0.2) is 9.59 Å². The van der Waals surface area contributed by atoms with Crippen molar-refractivity contribution in [1.82, 2.24) is 0 Å². The number of ether oxygens (including phenoxy) is 5. The topological polar surface area (TPSA) is 97.4 Å². The molecule has 0 aromatic rings. The van der Waals surface area contributed by atoms with Gasteiger partial charge >= 0.3 is 30.0 Å². The number of hydrogen-bond donors (Lipinski definition) is 0. The summed E-state index contributed by atoms with van der Waals surface area (Å²) in [6.45, 7) is -0.346. The number of hydrogen-bond acceptors (Lipinski definition) is 8. The Morgan fingerprint density at radius 3 is 2.14 bits per heavy atom. The number of esters is 3. The van der Waals surface area contributed by atoms with Crippen LogP contribution in [0.5, 0.6) is 0 Å². The maximum Gasteiger partial charge on any atom is 0.422 e. The maximum atomic E-state index is 13.5. The third-order valence-electron chi connectivity index (χ3n) is 7.30. The molecule has 4 aliphatic carbocycles. The molecular formula is C22H27F5O8. The van der Waals surface area contributed by atoms with Crippen LogP contribution in [0.15, 0.2) is 0 Å². The zero-order chi connectivity index (χ0) is 25.8. The Morgan fingerprint density at radius 2 is 1.60 bits per heavy atom. The van der Waals surface area contributed by atoms with Gasteiger partial charge < -0.3 is 23.7 Å². The van der Waals surface area contributed by atoms with Gasteiger partial charge in [0.25, 0.3) is 0 Å². The Kier molecular flexibility index (Phi) is 6.57. The first-order chi connectivity index (χ1) is 16.2. The molecule has 0 aromatic carbocycles. The maximum absolute atomic E-state index is 13.5. The molecule has 8 nitrogen and oxygen atoms in total. The van der Waals surface area contributed by atoms with Crippen molar-refractivity contribution in [3.8, 4) is 0 Å². The van der Waals surface area contributed by atoms with Crippen molar-refractivity contribution in [1.29, 1.82) is 0 Å². The van der Waals surface area contributed by atoms with Crippen LogP contribution in [0.1, 0.15) is 46.0 Å². The zero-order valence-corrected chi connectivity index (χ0v) is 19.2. The van der Waals surface area contributed by atoms with Crippen LogP contribution in [0.25, 0.3) is 0 Å². The summed E-state index contributed by atoms with van der Waals surface area (Å²) < 4.78 is 91.3. The van der Waals surface area contributed by atoms with Gasteiger partial charge in [-0.1, -0.05) is 0 Å². The monoisotopic (exact) mass is 514 g/mol. The van der Waals surface area contributed by atoms with Gasteiger partial charge in [0, 0.05) is 18.8 Å². The van der Waals surface area contributed by atoms with E-state index >= 15 is 0 Å². The van der Waals surface area contributed by atoms with E-state index in [-0.39, 0.29) is 25.4 Å². The molecule has 0 amide bonds. The summed E-state index contributed by atoms with van der Waals surface area (Å²) in [5.41, 5.74) is -1.12. The highest BCUT2D eigenvalue weighted by Gasteiger charge is 2.68. The average Bonchev–Trinajstić information content (AvgIpc) is 2.74. The van der Waals surface area contributed by atoms with E-state index in [4.69, 9.17) is 18.9 Å². The Bertz CT molecular complexity index is 853. The number of carbonyl (C=O) groups excluding carboxylic acids is 3. The van der Waals surface area contributed by atoms with Crippen molar-refractivity contribution in [3.63, 3.8) is 0 Å². The molecular weight excluding hydrogens is 487 g/mol. The van der Waals surface area contributed by atoms with Crippen LogP contribution < -0.4 is 0 Å². The molecule has 0 N–H and O–H groups in total. The van der Waals surface area contributed by atoms with E-state index in [1.54, 1.807) is 0 Å². The van der Waals surface area contributed by atoms with Crippen molar-refractivity contribution in [2.75, 3.05) is 19.8 Å². The average molecular weight is 514 g/mol. The summed E-state index contributed by atoms with van der Waals surface area (Å²) in [5, 5.41) is 0. The van der Waals surface area contributed by atoms with Crippen LogP contribution in [0, 0.1) is 23.7 Å². The first-order valence-electron chi connectivity index (χ1n) is 11.5. The molecule has 5 fully saturated rings. The van der Waals surface area contributed by atoms with Crippen molar-refractivity contribution >= 4 is 17.9 Å². The highest BCUT2D eigenvalue weighted by molar-refractivity contribution is 5.84. The first-order valence-corrected chi connectivity index (χ1v) is 11.5. The normalized spacial score (nSPS) is 38.3. The molecule has 1 heterocycles. The molecule has 1 aliphatic heterocycles. The first kappa shape index (κ1) is 26.1. The minimum Gasteiger partial charge on any atom is -0.464 e. The lowest BCUT2D eigenvalue weighted by Gasteiger charge is -2.64. The fourth-order valence-electron chi connectivity index (χ4n) is 6.20. The highest BCUT2D eigenvalue weighted by atomic mass is 19.4. The molecule has 5 aliphatic rings. The summed E-state index contributed by atoms with van der Waals surface area (Å²) in [6, 6.07) is 0. The molecule has 4 saturated carbocycles. The number of rotatable bonds is 6. The Balaban J connectivity index is 1.55. The molecule has 198 valence electrons. The summed E-state index contributed by atoms with van der Waals surface area (Å²) in [4.78, 5) is 37.0. The van der Waals surface area contributed by atoms with E-state index in [1.165, 1.54) is 6.92 Å². The molecule has 35 heavy (non-hydrogen) atoms. The van der Waals surface area contributed by atoms with Gasteiger partial charge in [0.15, 0.2) is 18.5 Å². The fourth-order valence-corrected chi connectivity index (χ4v) is 6.20. The van der Waals surface area contributed by atoms with Gasteiger partial charge in [-0.3, -0.25) is 4.79 Å². The van der Waals surface area contributed by atoms with Crippen LogP contribution in [0.4, 0.5) is 22.0 Å². The summed E-state index contributed by atoms with van der Waals surface area (Å²) in [5.74, 6) is -11.2. The molecule has 4 atom stereocenters. The highest BCUT2D eigenvalue weighted by Crippen LogP contribution is 2.64. The molecule has 5 rings (SSSR count). The number of halogens is 5. The molecule has 4 unspecified atom stereocenters. The summed E-state index contributed by atoms with van der Waals surface area (Å²) in [7, 11) is 0. The van der Waals surface area contributed by atoms with E-state index in [9.17, 15) is 36.3 Å². The van der Waals surface area contributed by atoms with E-state index < -0.39 is 78.5 Å². The molecule has 1 saturated heterocycles. The Morgan fingerprint density at radius 1 is 0.971 bits per heavy atom. The minimum atomic E-state index is -4.75. The van der Waals surface area contributed by atoms with Gasteiger partial charge in [-0.15, -0.1) is 0 Å². The number of carbonyl (C=O) groups is 3. The summed E-state index contributed by atoms with van der Waals surface area (Å²) in [6.07, 6.45) is -4.49. The fraction of sp³-hybridized carbons (Fsp3) is 0.864. The quantitative estimate of drug-likeness (QED) is 0.303. The molecule has 0 aromatic heterocycles. The molecule has 4 bridgehead atoms. The third kappa shape index (κ3) is 4.98. The van der Waals surface area contributed by atoms with E-state index in [1.807, 2.05) is 0 Å². The molecule has 13 heteroatoms. The van der Waals surface area contributed by atoms with Crippen LogP contribution in [-0.2, 0) is 38.1 Å². The van der Waals surface area contributed by atoms with Gasteiger partial charge in [-0.05, 0) is 44.9 Å². The second-order valence-corrected chi connectivity index (χ2v) is 9.96. The van der Waals surface area contributed by atoms with Crippen molar-refractivity contribution in [2.45, 2.75) is 75.5 Å². The minimum absolute atomic E-state index is 0.0547. The van der Waals surface area contributed by atoms with Crippen LogP contribution >= 0.6 is 0 Å². The van der Waals surface area contributed by atoms with Crippen molar-refractivity contribution < 1.29 is 60.0 Å². The lowest BCUT2D eigenvalue weighted by Crippen LogP contribution is -2.70. The SMILES string of the molecule is CCOC(=O)C1OC2(OCC1C(=O)OCC(F)(F)F)C1CC3CC2CC(OC(=O)C(C)(F)F)(C3)C1. The van der Waals surface area contributed by atoms with Crippen LogP contribution in [0.3, 0.4) is 0 Å². The van der Waals surface area contributed by atoms with Gasteiger partial charge in [0.1, 0.15) is 11.5 Å².